The maximum Gasteiger partial charge on any atom is 0.231 e. The van der Waals surface area contributed by atoms with E-state index in [0.29, 0.717) is 0 Å². The van der Waals surface area contributed by atoms with Crippen LogP contribution >= 0.6 is 0 Å². The molecule has 1 aliphatic rings. The van der Waals surface area contributed by atoms with E-state index in [1.165, 1.54) is 0 Å². The minimum atomic E-state index is -0.236. The van der Waals surface area contributed by atoms with Crippen molar-refractivity contribution in [2.24, 2.45) is 5.41 Å². The first-order valence-corrected chi connectivity index (χ1v) is 6.61. The van der Waals surface area contributed by atoms with Gasteiger partial charge in [0.15, 0.2) is 0 Å². The molecule has 0 spiro atoms. The van der Waals surface area contributed by atoms with Crippen molar-refractivity contribution in [2.75, 3.05) is 18.4 Å². The Hall–Kier alpha value is -1.42. The van der Waals surface area contributed by atoms with Gasteiger partial charge in [-0.3, -0.25) is 9.78 Å². The van der Waals surface area contributed by atoms with Gasteiger partial charge in [-0.25, -0.2) is 0 Å². The zero-order valence-electron chi connectivity index (χ0n) is 11.1. The molecule has 0 aliphatic carbocycles. The van der Waals surface area contributed by atoms with E-state index in [0.717, 1.165) is 43.7 Å². The number of pyridine rings is 1. The first-order chi connectivity index (χ1) is 8.66. The monoisotopic (exact) mass is 247 g/mol. The summed E-state index contributed by atoms with van der Waals surface area (Å²) in [6.07, 6.45) is 4.60. The van der Waals surface area contributed by atoms with Crippen molar-refractivity contribution in [1.29, 1.82) is 0 Å². The molecule has 1 aromatic rings. The van der Waals surface area contributed by atoms with Gasteiger partial charge in [0.2, 0.25) is 5.91 Å². The maximum absolute atomic E-state index is 12.4. The van der Waals surface area contributed by atoms with E-state index >= 15 is 0 Å². The number of carbonyl (C=O) groups is 1. The topological polar surface area (TPSA) is 54.0 Å². The van der Waals surface area contributed by atoms with Gasteiger partial charge < -0.3 is 10.6 Å². The summed E-state index contributed by atoms with van der Waals surface area (Å²) in [4.78, 5) is 16.6. The summed E-state index contributed by atoms with van der Waals surface area (Å²) in [5, 5.41) is 6.29. The van der Waals surface area contributed by atoms with Crippen LogP contribution in [-0.4, -0.2) is 24.0 Å². The first-order valence-electron chi connectivity index (χ1n) is 6.61. The molecule has 1 fully saturated rings. The number of amides is 1. The molecule has 18 heavy (non-hydrogen) atoms. The molecule has 0 radical (unpaired) electrons. The van der Waals surface area contributed by atoms with Crippen LogP contribution in [0, 0.1) is 12.3 Å². The fourth-order valence-electron chi connectivity index (χ4n) is 2.55. The molecule has 1 amide bonds. The van der Waals surface area contributed by atoms with Gasteiger partial charge in [0, 0.05) is 12.2 Å². The zero-order valence-corrected chi connectivity index (χ0v) is 11.1. The quantitative estimate of drug-likeness (QED) is 0.856. The lowest BCUT2D eigenvalue weighted by molar-refractivity contribution is -0.125. The molecule has 0 saturated carbocycles. The van der Waals surface area contributed by atoms with E-state index in [1.54, 1.807) is 6.20 Å². The van der Waals surface area contributed by atoms with Gasteiger partial charge in [-0.2, -0.15) is 0 Å². The minimum absolute atomic E-state index is 0.125. The van der Waals surface area contributed by atoms with Crippen LogP contribution in [0.5, 0.6) is 0 Å². The summed E-state index contributed by atoms with van der Waals surface area (Å²) in [6.45, 7) is 5.78. The highest BCUT2D eigenvalue weighted by Crippen LogP contribution is 2.32. The smallest absolute Gasteiger partial charge is 0.231 e. The van der Waals surface area contributed by atoms with Crippen LogP contribution in [0.3, 0.4) is 0 Å². The number of hydrogen-bond donors (Lipinski definition) is 2. The number of carbonyl (C=O) groups excluding carboxylic acids is 1. The molecule has 0 aromatic carbocycles. The number of aryl methyl sites for hydroxylation is 1. The lowest BCUT2D eigenvalue weighted by atomic mass is 9.81. The molecular formula is C14H21N3O. The molecule has 1 atom stereocenters. The third-order valence-electron chi connectivity index (χ3n) is 3.62. The van der Waals surface area contributed by atoms with Crippen molar-refractivity contribution in [1.82, 2.24) is 10.3 Å². The van der Waals surface area contributed by atoms with Gasteiger partial charge in [0.1, 0.15) is 0 Å². The number of hydrogen-bond acceptors (Lipinski definition) is 3. The van der Waals surface area contributed by atoms with E-state index in [1.807, 2.05) is 19.1 Å². The Morgan fingerprint density at radius 1 is 1.56 bits per heavy atom. The Morgan fingerprint density at radius 3 is 2.94 bits per heavy atom. The van der Waals surface area contributed by atoms with Gasteiger partial charge in [-0.1, -0.05) is 13.3 Å². The molecule has 1 saturated heterocycles. The highest BCUT2D eigenvalue weighted by Gasteiger charge is 2.40. The fraction of sp³-hybridized carbons (Fsp3) is 0.571. The van der Waals surface area contributed by atoms with E-state index < -0.39 is 0 Å². The third kappa shape index (κ3) is 2.70. The molecular weight excluding hydrogens is 226 g/mol. The SMILES string of the molecule is CCCC1(C(=O)Nc2ccc(C)nc2)CCNC1. The summed E-state index contributed by atoms with van der Waals surface area (Å²) in [5.74, 6) is 0.125. The molecule has 2 rings (SSSR count). The number of nitrogens with one attached hydrogen (secondary N) is 2. The Bertz CT molecular complexity index is 408. The lowest BCUT2D eigenvalue weighted by Gasteiger charge is -2.26. The van der Waals surface area contributed by atoms with Gasteiger partial charge >= 0.3 is 0 Å². The fourth-order valence-corrected chi connectivity index (χ4v) is 2.55. The number of rotatable bonds is 4. The second-order valence-corrected chi connectivity index (χ2v) is 5.10. The Kier molecular flexibility index (Phi) is 3.97. The largest absolute Gasteiger partial charge is 0.324 e. The average Bonchev–Trinajstić information content (AvgIpc) is 2.82. The van der Waals surface area contributed by atoms with E-state index in [-0.39, 0.29) is 11.3 Å². The van der Waals surface area contributed by atoms with Gasteiger partial charge in [0.25, 0.3) is 0 Å². The highest BCUT2D eigenvalue weighted by molar-refractivity contribution is 5.95. The molecule has 2 N–H and O–H groups in total. The molecule has 98 valence electrons. The number of aromatic nitrogens is 1. The summed E-state index contributed by atoms with van der Waals surface area (Å²) >= 11 is 0. The third-order valence-corrected chi connectivity index (χ3v) is 3.62. The Labute approximate surface area is 108 Å². The highest BCUT2D eigenvalue weighted by atomic mass is 16.2. The first kappa shape index (κ1) is 13.0. The van der Waals surface area contributed by atoms with Crippen LogP contribution in [0.25, 0.3) is 0 Å². The van der Waals surface area contributed by atoms with Gasteiger partial charge in [-0.05, 0) is 38.4 Å². The Balaban J connectivity index is 2.07. The molecule has 4 nitrogen and oxygen atoms in total. The van der Waals surface area contributed by atoms with Crippen molar-refractivity contribution >= 4 is 11.6 Å². The predicted octanol–water partition coefficient (Wildman–Crippen LogP) is 2.11. The maximum atomic E-state index is 12.4. The lowest BCUT2D eigenvalue weighted by Crippen LogP contribution is -2.38. The second-order valence-electron chi connectivity index (χ2n) is 5.10. The zero-order chi connectivity index (χ0) is 13.0. The van der Waals surface area contributed by atoms with Crippen molar-refractivity contribution in [2.45, 2.75) is 33.1 Å². The summed E-state index contributed by atoms with van der Waals surface area (Å²) in [5.41, 5.74) is 1.51. The van der Waals surface area contributed by atoms with Crippen LogP contribution in [0.4, 0.5) is 5.69 Å². The standard InChI is InChI=1S/C14H21N3O/c1-3-6-14(7-8-15-10-14)13(18)17-12-5-4-11(2)16-9-12/h4-5,9,15H,3,6-8,10H2,1-2H3,(H,17,18). The van der Waals surface area contributed by atoms with E-state index in [9.17, 15) is 4.79 Å². The van der Waals surface area contributed by atoms with Crippen LogP contribution in [-0.2, 0) is 4.79 Å². The second kappa shape index (κ2) is 5.48. The van der Waals surface area contributed by atoms with E-state index in [2.05, 4.69) is 22.5 Å². The van der Waals surface area contributed by atoms with Crippen molar-refractivity contribution < 1.29 is 4.79 Å². The Morgan fingerprint density at radius 2 is 2.39 bits per heavy atom. The van der Waals surface area contributed by atoms with Crippen molar-refractivity contribution in [3.63, 3.8) is 0 Å². The minimum Gasteiger partial charge on any atom is -0.324 e. The van der Waals surface area contributed by atoms with Crippen LogP contribution in [0.15, 0.2) is 18.3 Å². The molecule has 1 aliphatic heterocycles. The summed E-state index contributed by atoms with van der Waals surface area (Å²) in [7, 11) is 0. The molecule has 4 heteroatoms. The van der Waals surface area contributed by atoms with Gasteiger partial charge in [0.05, 0.1) is 17.3 Å². The van der Waals surface area contributed by atoms with Crippen LogP contribution < -0.4 is 10.6 Å². The molecule has 1 aromatic heterocycles. The number of anilines is 1. The molecule has 2 heterocycles. The van der Waals surface area contributed by atoms with Crippen LogP contribution in [0.2, 0.25) is 0 Å². The molecule has 0 bridgehead atoms. The van der Waals surface area contributed by atoms with E-state index in [4.69, 9.17) is 0 Å². The van der Waals surface area contributed by atoms with Gasteiger partial charge in [-0.15, -0.1) is 0 Å². The number of nitrogens with zero attached hydrogens (tertiary/aromatic N) is 1. The van der Waals surface area contributed by atoms with Crippen LogP contribution in [0.1, 0.15) is 31.9 Å². The van der Waals surface area contributed by atoms with Crippen molar-refractivity contribution in [3.8, 4) is 0 Å². The summed E-state index contributed by atoms with van der Waals surface area (Å²) in [6, 6.07) is 3.82. The molecule has 1 unspecified atom stereocenters. The normalized spacial score (nSPS) is 23.0. The van der Waals surface area contributed by atoms with Crippen molar-refractivity contribution in [3.05, 3.63) is 24.0 Å². The average molecular weight is 247 g/mol. The summed E-state index contributed by atoms with van der Waals surface area (Å²) < 4.78 is 0. The predicted molar refractivity (Wildman–Crippen MR) is 72.4 cm³/mol.